The van der Waals surface area contributed by atoms with Crippen molar-refractivity contribution < 1.29 is 27.4 Å². The molecule has 3 atom stereocenters. The highest BCUT2D eigenvalue weighted by atomic mass is 19.4. The van der Waals surface area contributed by atoms with E-state index in [1.54, 1.807) is 6.08 Å². The molecule has 0 aromatic carbocycles. The van der Waals surface area contributed by atoms with Gasteiger partial charge in [0.15, 0.2) is 0 Å². The summed E-state index contributed by atoms with van der Waals surface area (Å²) in [6, 6.07) is 0.156. The number of carbonyl (C=O) groups is 1. The quantitative estimate of drug-likeness (QED) is 0.810. The van der Waals surface area contributed by atoms with E-state index in [4.69, 9.17) is 0 Å². The van der Waals surface area contributed by atoms with Gasteiger partial charge in [-0.05, 0) is 49.8 Å². The number of ether oxygens (including phenoxy) is 2. The first-order chi connectivity index (χ1) is 10.4. The van der Waals surface area contributed by atoms with Gasteiger partial charge < -0.3 is 14.8 Å². The van der Waals surface area contributed by atoms with Crippen molar-refractivity contribution in [2.24, 2.45) is 11.8 Å². The van der Waals surface area contributed by atoms with E-state index in [1.807, 2.05) is 0 Å². The number of nitrogens with one attached hydrogen (secondary N) is 1. The number of hydrogen-bond acceptors (Lipinski definition) is 4. The van der Waals surface area contributed by atoms with Crippen LogP contribution in [-0.4, -0.2) is 32.0 Å². The van der Waals surface area contributed by atoms with Crippen molar-refractivity contribution in [2.75, 3.05) is 13.7 Å². The van der Waals surface area contributed by atoms with Crippen LogP contribution in [-0.2, 0) is 14.3 Å². The van der Waals surface area contributed by atoms with Crippen LogP contribution >= 0.6 is 0 Å². The second-order valence-corrected chi connectivity index (χ2v) is 5.64. The Labute approximate surface area is 127 Å². The molecule has 2 rings (SSSR count). The number of allylic oxidation sites excluding steroid dienone is 2. The predicted molar refractivity (Wildman–Crippen MR) is 73.6 cm³/mol. The molecule has 0 radical (unpaired) electrons. The van der Waals surface area contributed by atoms with Gasteiger partial charge in [-0.2, -0.15) is 0 Å². The van der Waals surface area contributed by atoms with Crippen LogP contribution in [0.1, 0.15) is 25.7 Å². The first-order valence-corrected chi connectivity index (χ1v) is 7.31. The maximum atomic E-state index is 12.1. The summed E-state index contributed by atoms with van der Waals surface area (Å²) in [5.41, 5.74) is 0. The molecule has 4 nitrogen and oxygen atoms in total. The second kappa shape index (κ2) is 7.17. The van der Waals surface area contributed by atoms with Crippen LogP contribution < -0.4 is 5.32 Å². The number of piperidine rings is 1. The average Bonchev–Trinajstić information content (AvgIpc) is 2.46. The summed E-state index contributed by atoms with van der Waals surface area (Å²) in [4.78, 5) is 11.3. The van der Waals surface area contributed by atoms with Crippen LogP contribution in [0.2, 0.25) is 0 Å². The van der Waals surface area contributed by atoms with E-state index < -0.39 is 6.36 Å². The number of methoxy groups -OCH3 is 1. The summed E-state index contributed by atoms with van der Waals surface area (Å²) in [6.07, 6.45) is 2.52. The summed E-state index contributed by atoms with van der Waals surface area (Å²) in [5.74, 6) is -0.0128. The summed E-state index contributed by atoms with van der Waals surface area (Å²) >= 11 is 0. The van der Waals surface area contributed by atoms with Gasteiger partial charge in [0.05, 0.1) is 7.11 Å². The second-order valence-electron chi connectivity index (χ2n) is 5.64. The molecule has 0 spiro atoms. The molecule has 1 heterocycles. The molecule has 0 aromatic rings. The molecule has 2 aliphatic rings. The minimum absolute atomic E-state index is 0.112. The molecule has 0 bridgehead atoms. The van der Waals surface area contributed by atoms with Gasteiger partial charge in [0.1, 0.15) is 5.76 Å². The first kappa shape index (κ1) is 16.9. The summed E-state index contributed by atoms with van der Waals surface area (Å²) < 4.78 is 45.0. The van der Waals surface area contributed by atoms with Crippen LogP contribution in [0.4, 0.5) is 13.2 Å². The molecule has 1 fully saturated rings. The molecule has 1 unspecified atom stereocenters. The van der Waals surface area contributed by atoms with Crippen LogP contribution in [0.15, 0.2) is 24.0 Å². The summed E-state index contributed by atoms with van der Waals surface area (Å²) in [6.45, 7) is 0.798. The van der Waals surface area contributed by atoms with E-state index in [0.717, 1.165) is 19.4 Å². The van der Waals surface area contributed by atoms with Gasteiger partial charge in [-0.25, -0.2) is 0 Å². The fourth-order valence-electron chi connectivity index (χ4n) is 2.99. The lowest BCUT2D eigenvalue weighted by Crippen LogP contribution is -2.43. The molecular formula is C15H20F3NO3. The third-order valence-electron chi connectivity index (χ3n) is 4.08. The molecule has 1 aliphatic heterocycles. The van der Waals surface area contributed by atoms with Gasteiger partial charge >= 0.3 is 12.3 Å². The lowest BCUT2D eigenvalue weighted by Gasteiger charge is -2.34. The summed E-state index contributed by atoms with van der Waals surface area (Å²) in [5, 5.41) is 3.38. The minimum atomic E-state index is -4.66. The SMILES string of the molecule is COC(=O)C[C@H]1CCN[C@@H](C2C=CC(OC(F)(F)F)=CC2)C1. The highest BCUT2D eigenvalue weighted by Crippen LogP contribution is 2.31. The fraction of sp³-hybridized carbons (Fsp3) is 0.667. The van der Waals surface area contributed by atoms with E-state index in [0.29, 0.717) is 12.8 Å². The molecule has 1 aliphatic carbocycles. The highest BCUT2D eigenvalue weighted by molar-refractivity contribution is 5.69. The molecule has 1 N–H and O–H groups in total. The molecular weight excluding hydrogens is 299 g/mol. The fourth-order valence-corrected chi connectivity index (χ4v) is 2.99. The smallest absolute Gasteiger partial charge is 0.469 e. The number of halogens is 3. The topological polar surface area (TPSA) is 47.6 Å². The number of carbonyl (C=O) groups excluding carboxylic acids is 1. The van der Waals surface area contributed by atoms with E-state index >= 15 is 0 Å². The lowest BCUT2D eigenvalue weighted by molar-refractivity contribution is -0.303. The Balaban J connectivity index is 1.86. The maximum absolute atomic E-state index is 12.1. The Bertz CT molecular complexity index is 459. The maximum Gasteiger partial charge on any atom is 0.573 e. The normalized spacial score (nSPS) is 28.9. The zero-order chi connectivity index (χ0) is 16.2. The monoisotopic (exact) mass is 319 g/mol. The highest BCUT2D eigenvalue weighted by Gasteiger charge is 2.33. The number of esters is 1. The molecule has 22 heavy (non-hydrogen) atoms. The van der Waals surface area contributed by atoms with Crippen molar-refractivity contribution in [3.63, 3.8) is 0 Å². The Morgan fingerprint density at radius 3 is 2.82 bits per heavy atom. The van der Waals surface area contributed by atoms with Crippen molar-refractivity contribution in [3.8, 4) is 0 Å². The Kier molecular flexibility index (Phi) is 5.50. The standard InChI is InChI=1S/C15H20F3NO3/c1-21-14(20)9-10-6-7-19-13(8-10)11-2-4-12(5-3-11)22-15(16,17)18/h2,4-5,10-11,13,19H,3,6-9H2,1H3/t10-,11?,13+/m0/s1. The Hall–Kier alpha value is -1.50. The molecule has 0 amide bonds. The van der Waals surface area contributed by atoms with Gasteiger partial charge in [-0.1, -0.05) is 6.08 Å². The summed E-state index contributed by atoms with van der Waals surface area (Å²) in [7, 11) is 1.37. The first-order valence-electron chi connectivity index (χ1n) is 7.31. The van der Waals surface area contributed by atoms with Gasteiger partial charge in [-0.15, -0.1) is 13.2 Å². The van der Waals surface area contributed by atoms with Crippen molar-refractivity contribution in [1.29, 1.82) is 0 Å². The van der Waals surface area contributed by atoms with Crippen LogP contribution in [0.25, 0.3) is 0 Å². The third kappa shape index (κ3) is 5.05. The van der Waals surface area contributed by atoms with E-state index in [9.17, 15) is 18.0 Å². The minimum Gasteiger partial charge on any atom is -0.469 e. The lowest BCUT2D eigenvalue weighted by atomic mass is 9.81. The zero-order valence-corrected chi connectivity index (χ0v) is 12.4. The van der Waals surface area contributed by atoms with E-state index in [2.05, 4.69) is 14.8 Å². The number of alkyl halides is 3. The largest absolute Gasteiger partial charge is 0.573 e. The molecule has 0 saturated carbocycles. The van der Waals surface area contributed by atoms with Crippen molar-refractivity contribution >= 4 is 5.97 Å². The molecule has 7 heteroatoms. The van der Waals surface area contributed by atoms with Gasteiger partial charge in [0.2, 0.25) is 0 Å². The van der Waals surface area contributed by atoms with E-state index in [1.165, 1.54) is 19.3 Å². The number of hydrogen-bond donors (Lipinski definition) is 1. The predicted octanol–water partition coefficient (Wildman–Crippen LogP) is 2.91. The molecule has 124 valence electrons. The van der Waals surface area contributed by atoms with Gasteiger partial charge in [0.25, 0.3) is 0 Å². The van der Waals surface area contributed by atoms with Gasteiger partial charge in [0, 0.05) is 12.5 Å². The van der Waals surface area contributed by atoms with Crippen molar-refractivity contribution in [2.45, 2.75) is 38.1 Å². The Morgan fingerprint density at radius 1 is 1.45 bits per heavy atom. The number of rotatable bonds is 4. The van der Waals surface area contributed by atoms with Crippen LogP contribution in [0.3, 0.4) is 0 Å². The molecule has 1 saturated heterocycles. The zero-order valence-electron chi connectivity index (χ0n) is 12.4. The van der Waals surface area contributed by atoms with Gasteiger partial charge in [-0.3, -0.25) is 4.79 Å². The van der Waals surface area contributed by atoms with Crippen LogP contribution in [0.5, 0.6) is 0 Å². The van der Waals surface area contributed by atoms with Crippen LogP contribution in [0, 0.1) is 11.8 Å². The Morgan fingerprint density at radius 2 is 2.23 bits per heavy atom. The average molecular weight is 319 g/mol. The third-order valence-corrected chi connectivity index (χ3v) is 4.08. The molecule has 0 aromatic heterocycles. The van der Waals surface area contributed by atoms with E-state index in [-0.39, 0.29) is 29.6 Å². The van der Waals surface area contributed by atoms with Crippen molar-refractivity contribution in [3.05, 3.63) is 24.0 Å². The van der Waals surface area contributed by atoms with Crippen molar-refractivity contribution in [1.82, 2.24) is 5.32 Å².